The lowest BCUT2D eigenvalue weighted by molar-refractivity contribution is -0.0161. The molecule has 1 N–H and O–H groups in total. The van der Waals surface area contributed by atoms with Gasteiger partial charge in [-0.25, -0.2) is 0 Å². The molecule has 1 heterocycles. The molecular formula is C18H27ClN2. The topological polar surface area (TPSA) is 15.3 Å². The quantitative estimate of drug-likeness (QED) is 0.880. The van der Waals surface area contributed by atoms with Gasteiger partial charge in [0, 0.05) is 35.7 Å². The van der Waals surface area contributed by atoms with Gasteiger partial charge in [0.2, 0.25) is 0 Å². The summed E-state index contributed by atoms with van der Waals surface area (Å²) in [6, 6.07) is 8.37. The fourth-order valence-electron chi connectivity index (χ4n) is 3.95. The first-order valence-corrected chi connectivity index (χ1v) is 8.62. The van der Waals surface area contributed by atoms with Crippen LogP contribution in [0.1, 0.15) is 51.5 Å². The molecular weight excluding hydrogens is 280 g/mol. The van der Waals surface area contributed by atoms with E-state index in [1.54, 1.807) is 0 Å². The number of hydrogen-bond donors (Lipinski definition) is 1. The van der Waals surface area contributed by atoms with E-state index in [4.69, 9.17) is 11.6 Å². The van der Waals surface area contributed by atoms with Crippen molar-refractivity contribution in [1.29, 1.82) is 0 Å². The van der Waals surface area contributed by atoms with E-state index < -0.39 is 0 Å². The number of halogens is 1. The number of hydrogen-bond acceptors (Lipinski definition) is 2. The maximum absolute atomic E-state index is 6.02. The second-order valence-electron chi connectivity index (χ2n) is 7.50. The molecule has 0 radical (unpaired) electrons. The molecule has 3 heteroatoms. The van der Waals surface area contributed by atoms with Crippen LogP contribution in [0.3, 0.4) is 0 Å². The van der Waals surface area contributed by atoms with Crippen molar-refractivity contribution in [2.24, 2.45) is 0 Å². The molecule has 1 aromatic carbocycles. The molecule has 1 aliphatic heterocycles. The predicted molar refractivity (Wildman–Crippen MR) is 89.8 cm³/mol. The average molecular weight is 307 g/mol. The third kappa shape index (κ3) is 3.44. The van der Waals surface area contributed by atoms with Crippen LogP contribution in [0.5, 0.6) is 0 Å². The van der Waals surface area contributed by atoms with Gasteiger partial charge in [-0.2, -0.15) is 0 Å². The van der Waals surface area contributed by atoms with E-state index in [9.17, 15) is 0 Å². The first-order chi connectivity index (χ1) is 9.99. The van der Waals surface area contributed by atoms with Crippen LogP contribution >= 0.6 is 11.6 Å². The molecule has 2 fully saturated rings. The molecule has 1 saturated carbocycles. The minimum Gasteiger partial charge on any atom is -0.309 e. The van der Waals surface area contributed by atoms with Crippen molar-refractivity contribution in [2.75, 3.05) is 13.1 Å². The van der Waals surface area contributed by atoms with Crippen molar-refractivity contribution in [2.45, 2.75) is 63.6 Å². The summed E-state index contributed by atoms with van der Waals surface area (Å²) in [5.74, 6) is 0. The molecule has 0 unspecified atom stereocenters. The molecule has 0 atom stereocenters. The van der Waals surface area contributed by atoms with Crippen LogP contribution in [-0.2, 0) is 6.54 Å². The number of nitrogens with zero attached hydrogens (tertiary/aromatic N) is 1. The maximum atomic E-state index is 6.02. The Hall–Kier alpha value is -0.570. The van der Waals surface area contributed by atoms with Gasteiger partial charge >= 0.3 is 0 Å². The van der Waals surface area contributed by atoms with Crippen LogP contribution in [-0.4, -0.2) is 29.1 Å². The Balaban J connectivity index is 1.81. The summed E-state index contributed by atoms with van der Waals surface area (Å²) in [4.78, 5) is 2.74. The molecule has 21 heavy (non-hydrogen) atoms. The zero-order valence-corrected chi connectivity index (χ0v) is 14.0. The molecule has 0 bridgehead atoms. The molecule has 3 rings (SSSR count). The zero-order valence-electron chi connectivity index (χ0n) is 13.3. The van der Waals surface area contributed by atoms with Crippen molar-refractivity contribution in [3.63, 3.8) is 0 Å². The Labute approximate surface area is 133 Å². The monoisotopic (exact) mass is 306 g/mol. The van der Waals surface area contributed by atoms with E-state index in [0.29, 0.717) is 5.54 Å². The smallest absolute Gasteiger partial charge is 0.0406 e. The van der Waals surface area contributed by atoms with E-state index in [-0.39, 0.29) is 5.54 Å². The van der Waals surface area contributed by atoms with Crippen LogP contribution in [0.15, 0.2) is 24.3 Å². The second-order valence-corrected chi connectivity index (χ2v) is 7.94. The molecule has 1 spiro atoms. The number of nitrogens with one attached hydrogen (secondary N) is 1. The van der Waals surface area contributed by atoms with Gasteiger partial charge in [-0.1, -0.05) is 43.0 Å². The zero-order chi connectivity index (χ0) is 14.9. The third-order valence-corrected chi connectivity index (χ3v) is 5.48. The van der Waals surface area contributed by atoms with Gasteiger partial charge in [0.15, 0.2) is 0 Å². The molecule has 2 aliphatic rings. The molecule has 1 aliphatic carbocycles. The highest BCUT2D eigenvalue weighted by atomic mass is 35.5. The second kappa shape index (κ2) is 5.91. The molecule has 0 aromatic heterocycles. The minimum absolute atomic E-state index is 0.203. The van der Waals surface area contributed by atoms with Crippen LogP contribution in [0.25, 0.3) is 0 Å². The summed E-state index contributed by atoms with van der Waals surface area (Å²) in [7, 11) is 0. The first-order valence-electron chi connectivity index (χ1n) is 8.24. The fraction of sp³-hybridized carbons (Fsp3) is 0.667. The van der Waals surface area contributed by atoms with Crippen LogP contribution in [0.4, 0.5) is 0 Å². The summed E-state index contributed by atoms with van der Waals surface area (Å²) in [5, 5.41) is 4.61. The molecule has 1 saturated heterocycles. The van der Waals surface area contributed by atoms with Crippen LogP contribution < -0.4 is 5.32 Å². The molecule has 1 aromatic rings. The Kier molecular flexibility index (Phi) is 4.31. The van der Waals surface area contributed by atoms with Gasteiger partial charge in [-0.3, -0.25) is 4.90 Å². The number of piperazine rings is 1. The van der Waals surface area contributed by atoms with Crippen molar-refractivity contribution in [3.05, 3.63) is 34.9 Å². The van der Waals surface area contributed by atoms with Gasteiger partial charge in [-0.15, -0.1) is 0 Å². The standard InChI is InChI=1S/C18H27ClN2/c1-17(2)14-21(12-15-6-8-16(19)9-7-15)18(13-20-17)10-4-3-5-11-18/h6-9,20H,3-5,10-14H2,1-2H3. The predicted octanol–water partition coefficient (Wildman–Crippen LogP) is 4.23. The van der Waals surface area contributed by atoms with Crippen LogP contribution in [0.2, 0.25) is 5.02 Å². The SMILES string of the molecule is CC1(C)CN(Cc2ccc(Cl)cc2)C2(CCCCC2)CN1. The Morgan fingerprint density at radius 3 is 2.43 bits per heavy atom. The van der Waals surface area contributed by atoms with Crippen molar-refractivity contribution in [3.8, 4) is 0 Å². The minimum atomic E-state index is 0.203. The summed E-state index contributed by atoms with van der Waals surface area (Å²) >= 11 is 6.02. The van der Waals surface area contributed by atoms with Gasteiger partial charge < -0.3 is 5.32 Å². The Morgan fingerprint density at radius 2 is 1.76 bits per heavy atom. The summed E-state index contributed by atoms with van der Waals surface area (Å²) in [5.41, 5.74) is 1.95. The lowest BCUT2D eigenvalue weighted by Crippen LogP contribution is -2.68. The fourth-order valence-corrected chi connectivity index (χ4v) is 4.08. The van der Waals surface area contributed by atoms with Gasteiger partial charge in [-0.05, 0) is 44.4 Å². The lowest BCUT2D eigenvalue weighted by atomic mass is 9.76. The Bertz CT molecular complexity index is 474. The molecule has 0 amide bonds. The van der Waals surface area contributed by atoms with Crippen LogP contribution in [0, 0.1) is 0 Å². The normalized spacial score (nSPS) is 25.1. The van der Waals surface area contributed by atoms with E-state index >= 15 is 0 Å². The summed E-state index contributed by atoms with van der Waals surface area (Å²) in [6.07, 6.45) is 6.83. The van der Waals surface area contributed by atoms with Crippen molar-refractivity contribution < 1.29 is 0 Å². The lowest BCUT2D eigenvalue weighted by Gasteiger charge is -2.54. The molecule has 2 nitrogen and oxygen atoms in total. The van der Waals surface area contributed by atoms with E-state index in [1.165, 1.54) is 37.7 Å². The van der Waals surface area contributed by atoms with E-state index in [0.717, 1.165) is 24.7 Å². The highest BCUT2D eigenvalue weighted by Gasteiger charge is 2.44. The summed E-state index contributed by atoms with van der Waals surface area (Å²) < 4.78 is 0. The third-order valence-electron chi connectivity index (χ3n) is 5.22. The first kappa shape index (κ1) is 15.3. The Morgan fingerprint density at radius 1 is 1.10 bits per heavy atom. The van der Waals surface area contributed by atoms with E-state index in [2.05, 4.69) is 36.2 Å². The number of benzene rings is 1. The molecule has 116 valence electrons. The highest BCUT2D eigenvalue weighted by Crippen LogP contribution is 2.38. The largest absolute Gasteiger partial charge is 0.309 e. The summed E-state index contributed by atoms with van der Waals surface area (Å²) in [6.45, 7) is 7.93. The van der Waals surface area contributed by atoms with Crippen molar-refractivity contribution in [1.82, 2.24) is 10.2 Å². The van der Waals surface area contributed by atoms with Crippen molar-refractivity contribution >= 4 is 11.6 Å². The average Bonchev–Trinajstić information content (AvgIpc) is 2.47. The highest BCUT2D eigenvalue weighted by molar-refractivity contribution is 6.30. The maximum Gasteiger partial charge on any atom is 0.0406 e. The number of rotatable bonds is 2. The van der Waals surface area contributed by atoms with Gasteiger partial charge in [0.25, 0.3) is 0 Å². The van der Waals surface area contributed by atoms with Gasteiger partial charge in [0.1, 0.15) is 0 Å². The van der Waals surface area contributed by atoms with Gasteiger partial charge in [0.05, 0.1) is 0 Å². The van der Waals surface area contributed by atoms with E-state index in [1.807, 2.05) is 12.1 Å².